The molecule has 0 radical (unpaired) electrons. The first-order valence-corrected chi connectivity index (χ1v) is 13.1. The third kappa shape index (κ3) is 7.84. The molecule has 0 spiro atoms. The SMILES string of the molecule is CC[C@@H](C)NC(=O)[C@@H](Cc1ccccc1)N(Cc1ccc(Cl)c(Cl)c1)C(=O)Cc1cc(C)cc(C)c1. The molecular weight excluding hydrogens is 491 g/mol. The number of nitrogens with zero attached hydrogens (tertiary/aromatic N) is 1. The van der Waals surface area contributed by atoms with Crippen molar-refractivity contribution in [3.05, 3.63) is 105 Å². The molecule has 3 rings (SSSR count). The summed E-state index contributed by atoms with van der Waals surface area (Å²) in [6, 6.07) is 20.6. The molecule has 0 saturated heterocycles. The number of carbonyl (C=O) groups is 2. The zero-order valence-electron chi connectivity index (χ0n) is 21.4. The van der Waals surface area contributed by atoms with Crippen LogP contribution in [0.4, 0.5) is 0 Å². The largest absolute Gasteiger partial charge is 0.352 e. The zero-order valence-corrected chi connectivity index (χ0v) is 22.9. The molecule has 4 nitrogen and oxygen atoms in total. The summed E-state index contributed by atoms with van der Waals surface area (Å²) in [5.41, 5.74) is 4.93. The van der Waals surface area contributed by atoms with Gasteiger partial charge in [-0.15, -0.1) is 0 Å². The van der Waals surface area contributed by atoms with Gasteiger partial charge in [0.1, 0.15) is 6.04 Å². The molecule has 0 heterocycles. The second-order valence-corrected chi connectivity index (χ2v) is 10.3. The number of hydrogen-bond donors (Lipinski definition) is 1. The van der Waals surface area contributed by atoms with Gasteiger partial charge < -0.3 is 10.2 Å². The normalized spacial score (nSPS) is 12.6. The van der Waals surface area contributed by atoms with Gasteiger partial charge >= 0.3 is 0 Å². The van der Waals surface area contributed by atoms with Crippen LogP contribution in [-0.2, 0) is 29.0 Å². The number of amides is 2. The maximum atomic E-state index is 13.9. The molecule has 0 fully saturated rings. The summed E-state index contributed by atoms with van der Waals surface area (Å²) in [6.07, 6.45) is 1.40. The molecule has 2 atom stereocenters. The Morgan fingerprint density at radius 1 is 0.861 bits per heavy atom. The Bertz CT molecular complexity index is 1180. The van der Waals surface area contributed by atoms with E-state index in [0.29, 0.717) is 16.5 Å². The van der Waals surface area contributed by atoms with Crippen molar-refractivity contribution in [1.82, 2.24) is 10.2 Å². The third-order valence-corrected chi connectivity index (χ3v) is 6.98. The lowest BCUT2D eigenvalue weighted by Crippen LogP contribution is -2.52. The molecule has 3 aromatic carbocycles. The van der Waals surface area contributed by atoms with Gasteiger partial charge in [-0.2, -0.15) is 0 Å². The molecule has 6 heteroatoms. The summed E-state index contributed by atoms with van der Waals surface area (Å²) in [6.45, 7) is 8.28. The lowest BCUT2D eigenvalue weighted by atomic mass is 10.00. The molecule has 0 aliphatic heterocycles. The second kappa shape index (κ2) is 12.9. The fourth-order valence-electron chi connectivity index (χ4n) is 4.28. The number of aryl methyl sites for hydroxylation is 2. The molecule has 3 aromatic rings. The van der Waals surface area contributed by atoms with Gasteiger partial charge in [0, 0.05) is 19.0 Å². The molecule has 0 saturated carbocycles. The van der Waals surface area contributed by atoms with Crippen LogP contribution in [0.15, 0.2) is 66.7 Å². The minimum Gasteiger partial charge on any atom is -0.352 e. The molecule has 0 aromatic heterocycles. The lowest BCUT2D eigenvalue weighted by molar-refractivity contribution is -0.141. The number of rotatable bonds is 10. The van der Waals surface area contributed by atoms with Gasteiger partial charge in [-0.3, -0.25) is 9.59 Å². The quantitative estimate of drug-likeness (QED) is 0.320. The van der Waals surface area contributed by atoms with Crippen molar-refractivity contribution < 1.29 is 9.59 Å². The zero-order chi connectivity index (χ0) is 26.2. The van der Waals surface area contributed by atoms with Gasteiger partial charge in [0.15, 0.2) is 0 Å². The van der Waals surface area contributed by atoms with Crippen molar-refractivity contribution in [1.29, 1.82) is 0 Å². The van der Waals surface area contributed by atoms with Crippen molar-refractivity contribution in [2.75, 3.05) is 0 Å². The van der Waals surface area contributed by atoms with Crippen molar-refractivity contribution in [2.45, 2.75) is 65.6 Å². The van der Waals surface area contributed by atoms with E-state index in [9.17, 15) is 9.59 Å². The number of nitrogens with one attached hydrogen (secondary N) is 1. The van der Waals surface area contributed by atoms with Crippen LogP contribution in [-0.4, -0.2) is 28.8 Å². The van der Waals surface area contributed by atoms with Gasteiger partial charge in [-0.05, 0) is 56.0 Å². The minimum absolute atomic E-state index is 0.00266. The van der Waals surface area contributed by atoms with Crippen LogP contribution in [0, 0.1) is 13.8 Å². The van der Waals surface area contributed by atoms with E-state index in [-0.39, 0.29) is 30.8 Å². The van der Waals surface area contributed by atoms with E-state index in [4.69, 9.17) is 23.2 Å². The fourth-order valence-corrected chi connectivity index (χ4v) is 4.60. The van der Waals surface area contributed by atoms with Gasteiger partial charge in [0.05, 0.1) is 16.5 Å². The van der Waals surface area contributed by atoms with Crippen LogP contribution in [0.3, 0.4) is 0 Å². The maximum Gasteiger partial charge on any atom is 0.243 e. The van der Waals surface area contributed by atoms with Crippen molar-refractivity contribution in [3.8, 4) is 0 Å². The minimum atomic E-state index is -0.686. The second-order valence-electron chi connectivity index (χ2n) is 9.47. The molecule has 190 valence electrons. The number of halogens is 2. The highest BCUT2D eigenvalue weighted by Crippen LogP contribution is 2.25. The predicted octanol–water partition coefficient (Wildman–Crippen LogP) is 6.71. The van der Waals surface area contributed by atoms with Gasteiger partial charge in [-0.1, -0.05) is 95.8 Å². The van der Waals surface area contributed by atoms with E-state index in [1.54, 1.807) is 17.0 Å². The summed E-state index contributed by atoms with van der Waals surface area (Å²) in [7, 11) is 0. The van der Waals surface area contributed by atoms with E-state index in [1.165, 1.54) is 0 Å². The maximum absolute atomic E-state index is 13.9. The molecule has 0 aliphatic rings. The molecule has 0 aliphatic carbocycles. The summed E-state index contributed by atoms with van der Waals surface area (Å²) in [5, 5.41) is 3.96. The number of hydrogen-bond acceptors (Lipinski definition) is 2. The van der Waals surface area contributed by atoms with E-state index in [1.807, 2.05) is 76.2 Å². The van der Waals surface area contributed by atoms with Crippen molar-refractivity contribution in [3.63, 3.8) is 0 Å². The van der Waals surface area contributed by atoms with E-state index in [2.05, 4.69) is 11.4 Å². The van der Waals surface area contributed by atoms with Crippen molar-refractivity contribution in [2.24, 2.45) is 0 Å². The average molecular weight is 526 g/mol. The number of benzene rings is 3. The van der Waals surface area contributed by atoms with Gasteiger partial charge in [0.2, 0.25) is 11.8 Å². The molecule has 2 amide bonds. The van der Waals surface area contributed by atoms with Gasteiger partial charge in [-0.25, -0.2) is 0 Å². The van der Waals surface area contributed by atoms with Gasteiger partial charge in [0.25, 0.3) is 0 Å². The Balaban J connectivity index is 2.01. The Hall–Kier alpha value is -2.82. The Kier molecular flexibility index (Phi) is 9.98. The summed E-state index contributed by atoms with van der Waals surface area (Å²) in [4.78, 5) is 29.1. The topological polar surface area (TPSA) is 49.4 Å². The Morgan fingerprint density at radius 3 is 2.14 bits per heavy atom. The van der Waals surface area contributed by atoms with E-state index >= 15 is 0 Å². The Morgan fingerprint density at radius 2 is 1.53 bits per heavy atom. The van der Waals surface area contributed by atoms with Crippen LogP contribution in [0.1, 0.15) is 48.1 Å². The van der Waals surface area contributed by atoms with Crippen LogP contribution in [0.25, 0.3) is 0 Å². The van der Waals surface area contributed by atoms with Crippen LogP contribution in [0.2, 0.25) is 10.0 Å². The third-order valence-electron chi connectivity index (χ3n) is 6.25. The smallest absolute Gasteiger partial charge is 0.243 e. The highest BCUT2D eigenvalue weighted by Gasteiger charge is 2.31. The summed E-state index contributed by atoms with van der Waals surface area (Å²) >= 11 is 12.4. The first-order chi connectivity index (χ1) is 17.2. The van der Waals surface area contributed by atoms with Crippen molar-refractivity contribution >= 4 is 35.0 Å². The summed E-state index contributed by atoms with van der Waals surface area (Å²) in [5.74, 6) is -0.284. The highest BCUT2D eigenvalue weighted by atomic mass is 35.5. The first kappa shape index (κ1) is 27.8. The lowest BCUT2D eigenvalue weighted by Gasteiger charge is -2.32. The average Bonchev–Trinajstić information content (AvgIpc) is 2.83. The molecule has 0 bridgehead atoms. The fraction of sp³-hybridized carbons (Fsp3) is 0.333. The van der Waals surface area contributed by atoms with Crippen LogP contribution < -0.4 is 5.32 Å². The summed E-state index contributed by atoms with van der Waals surface area (Å²) < 4.78 is 0. The van der Waals surface area contributed by atoms with E-state index < -0.39 is 6.04 Å². The van der Waals surface area contributed by atoms with Crippen LogP contribution in [0.5, 0.6) is 0 Å². The highest BCUT2D eigenvalue weighted by molar-refractivity contribution is 6.42. The molecular formula is C30H34Cl2N2O2. The standard InChI is InChI=1S/C30H34Cl2N2O2/c1-5-22(4)33-30(36)28(17-23-9-7-6-8-10-23)34(19-24-11-12-26(31)27(32)16-24)29(35)18-25-14-20(2)13-21(3)15-25/h6-16,22,28H,5,17-19H2,1-4H3,(H,33,36)/t22-,28-/m1/s1. The molecule has 1 N–H and O–H groups in total. The Labute approximate surface area is 224 Å². The van der Waals surface area contributed by atoms with E-state index in [0.717, 1.165) is 34.2 Å². The van der Waals surface area contributed by atoms with Crippen LogP contribution >= 0.6 is 23.2 Å². The monoisotopic (exact) mass is 524 g/mol. The first-order valence-electron chi connectivity index (χ1n) is 12.3. The molecule has 36 heavy (non-hydrogen) atoms. The number of carbonyl (C=O) groups excluding carboxylic acids is 2. The molecule has 0 unspecified atom stereocenters. The predicted molar refractivity (Wildman–Crippen MR) is 148 cm³/mol.